The van der Waals surface area contributed by atoms with Crippen molar-refractivity contribution in [3.05, 3.63) is 27.3 Å². The van der Waals surface area contributed by atoms with Crippen LogP contribution in [0.15, 0.2) is 18.2 Å². The summed E-state index contributed by atoms with van der Waals surface area (Å²) in [5, 5.41) is 3.18. The van der Waals surface area contributed by atoms with Gasteiger partial charge in [0.15, 0.2) is 0 Å². The van der Waals surface area contributed by atoms with E-state index in [-0.39, 0.29) is 17.6 Å². The number of carbonyl (C=O) groups excluding carboxylic acids is 1. The van der Waals surface area contributed by atoms with Crippen molar-refractivity contribution in [2.24, 2.45) is 5.92 Å². The standard InChI is InChI=1S/C15H18INO2/c1-9(2)19-13-5-11(3-4-12(13)16)14(18)17-15-6-10(7-15)8-15/h3-5,9-10H,6-8H2,1-2H3,(H,17,18). The zero-order valence-electron chi connectivity index (χ0n) is 11.2. The summed E-state index contributed by atoms with van der Waals surface area (Å²) in [5.74, 6) is 1.70. The predicted octanol–water partition coefficient (Wildman–Crippen LogP) is 3.36. The molecule has 3 aliphatic carbocycles. The Morgan fingerprint density at radius 2 is 2.11 bits per heavy atom. The van der Waals surface area contributed by atoms with E-state index in [1.165, 1.54) is 19.3 Å². The molecule has 0 atom stereocenters. The molecule has 4 heteroatoms. The van der Waals surface area contributed by atoms with E-state index in [4.69, 9.17) is 4.74 Å². The van der Waals surface area contributed by atoms with Crippen molar-refractivity contribution in [3.63, 3.8) is 0 Å². The molecular weight excluding hydrogens is 353 g/mol. The first-order valence-corrected chi connectivity index (χ1v) is 7.84. The number of carbonyl (C=O) groups is 1. The first-order valence-electron chi connectivity index (χ1n) is 6.76. The van der Waals surface area contributed by atoms with Gasteiger partial charge in [-0.15, -0.1) is 0 Å². The van der Waals surface area contributed by atoms with Gasteiger partial charge in [0.25, 0.3) is 5.91 Å². The SMILES string of the molecule is CC(C)Oc1cc(C(=O)NC23CC(C2)C3)ccc1I. The van der Waals surface area contributed by atoms with Gasteiger partial charge in [0.1, 0.15) is 5.75 Å². The van der Waals surface area contributed by atoms with E-state index < -0.39 is 0 Å². The minimum Gasteiger partial charge on any atom is -0.490 e. The van der Waals surface area contributed by atoms with Crippen LogP contribution in [0.5, 0.6) is 5.75 Å². The first-order chi connectivity index (χ1) is 8.97. The van der Waals surface area contributed by atoms with Gasteiger partial charge in [-0.2, -0.15) is 0 Å². The zero-order chi connectivity index (χ0) is 13.6. The van der Waals surface area contributed by atoms with Crippen LogP contribution in [-0.4, -0.2) is 17.6 Å². The van der Waals surface area contributed by atoms with Crippen LogP contribution in [0.1, 0.15) is 43.5 Å². The molecule has 1 aromatic carbocycles. The van der Waals surface area contributed by atoms with Crippen LogP contribution < -0.4 is 10.1 Å². The van der Waals surface area contributed by atoms with Crippen molar-refractivity contribution in [1.82, 2.24) is 5.32 Å². The highest BCUT2D eigenvalue weighted by Crippen LogP contribution is 2.57. The molecule has 0 heterocycles. The number of nitrogens with one attached hydrogen (secondary N) is 1. The first kappa shape index (κ1) is 13.2. The monoisotopic (exact) mass is 371 g/mol. The Morgan fingerprint density at radius 3 is 2.63 bits per heavy atom. The van der Waals surface area contributed by atoms with Crippen molar-refractivity contribution < 1.29 is 9.53 Å². The Labute approximate surface area is 127 Å². The van der Waals surface area contributed by atoms with E-state index in [1.807, 2.05) is 32.0 Å². The van der Waals surface area contributed by atoms with Crippen molar-refractivity contribution >= 4 is 28.5 Å². The van der Waals surface area contributed by atoms with Gasteiger partial charge in [-0.1, -0.05) is 0 Å². The summed E-state index contributed by atoms with van der Waals surface area (Å²) in [5.41, 5.74) is 0.824. The molecular formula is C15H18INO2. The van der Waals surface area contributed by atoms with Crippen molar-refractivity contribution in [2.45, 2.75) is 44.8 Å². The van der Waals surface area contributed by atoms with Crippen LogP contribution in [0, 0.1) is 9.49 Å². The fourth-order valence-electron chi connectivity index (χ4n) is 2.93. The third-order valence-corrected chi connectivity index (χ3v) is 4.86. The molecule has 0 unspecified atom stereocenters. The minimum atomic E-state index is 0.0307. The second-order valence-corrected chi connectivity index (χ2v) is 7.19. The number of benzene rings is 1. The van der Waals surface area contributed by atoms with E-state index in [0.29, 0.717) is 5.56 Å². The summed E-state index contributed by atoms with van der Waals surface area (Å²) in [7, 11) is 0. The molecule has 3 fully saturated rings. The van der Waals surface area contributed by atoms with Crippen molar-refractivity contribution in [3.8, 4) is 5.75 Å². The average Bonchev–Trinajstić information content (AvgIpc) is 2.24. The average molecular weight is 371 g/mol. The van der Waals surface area contributed by atoms with E-state index in [9.17, 15) is 4.79 Å². The van der Waals surface area contributed by atoms with Crippen molar-refractivity contribution in [1.29, 1.82) is 0 Å². The summed E-state index contributed by atoms with van der Waals surface area (Å²) in [6.45, 7) is 3.98. The van der Waals surface area contributed by atoms with Gasteiger partial charge >= 0.3 is 0 Å². The van der Waals surface area contributed by atoms with E-state index >= 15 is 0 Å². The molecule has 0 aliphatic heterocycles. The smallest absolute Gasteiger partial charge is 0.251 e. The number of hydrogen-bond donors (Lipinski definition) is 1. The predicted molar refractivity (Wildman–Crippen MR) is 82.5 cm³/mol. The number of amides is 1. The molecule has 0 spiro atoms. The Morgan fingerprint density at radius 1 is 1.42 bits per heavy atom. The molecule has 3 nitrogen and oxygen atoms in total. The van der Waals surface area contributed by atoms with Gasteiger partial charge in [0.05, 0.1) is 9.67 Å². The normalized spacial score (nSPS) is 27.5. The molecule has 0 radical (unpaired) electrons. The topological polar surface area (TPSA) is 38.3 Å². The van der Waals surface area contributed by atoms with Gasteiger partial charge in [-0.3, -0.25) is 4.79 Å². The largest absolute Gasteiger partial charge is 0.490 e. The lowest BCUT2D eigenvalue weighted by molar-refractivity contribution is -0.0438. The Hall–Kier alpha value is -0.780. The molecule has 1 amide bonds. The highest BCUT2D eigenvalue weighted by molar-refractivity contribution is 14.1. The van der Waals surface area contributed by atoms with Gasteiger partial charge in [0, 0.05) is 11.1 Å². The molecule has 2 bridgehead atoms. The molecule has 3 saturated carbocycles. The number of hydrogen-bond acceptors (Lipinski definition) is 2. The highest BCUT2D eigenvalue weighted by atomic mass is 127. The summed E-state index contributed by atoms with van der Waals surface area (Å²) in [6.07, 6.45) is 3.61. The van der Waals surface area contributed by atoms with Gasteiger partial charge in [-0.05, 0) is 79.8 Å². The maximum Gasteiger partial charge on any atom is 0.251 e. The maximum atomic E-state index is 12.3. The molecule has 0 aromatic heterocycles. The quantitative estimate of drug-likeness (QED) is 0.825. The Bertz CT molecular complexity index is 510. The van der Waals surface area contributed by atoms with Crippen LogP contribution in [0.3, 0.4) is 0 Å². The summed E-state index contributed by atoms with van der Waals surface area (Å²) < 4.78 is 6.76. The molecule has 3 aliphatic rings. The van der Waals surface area contributed by atoms with Crippen LogP contribution in [0.4, 0.5) is 0 Å². The molecule has 1 aromatic rings. The summed E-state index contributed by atoms with van der Waals surface area (Å²) in [6, 6.07) is 5.66. The highest BCUT2D eigenvalue weighted by Gasteiger charge is 2.57. The van der Waals surface area contributed by atoms with E-state index in [2.05, 4.69) is 27.9 Å². The van der Waals surface area contributed by atoms with E-state index in [0.717, 1.165) is 15.2 Å². The Kier molecular flexibility index (Phi) is 3.23. The van der Waals surface area contributed by atoms with E-state index in [1.54, 1.807) is 0 Å². The van der Waals surface area contributed by atoms with Crippen LogP contribution >= 0.6 is 22.6 Å². The zero-order valence-corrected chi connectivity index (χ0v) is 13.4. The third kappa shape index (κ3) is 2.47. The molecule has 1 N–H and O–H groups in total. The van der Waals surface area contributed by atoms with Gasteiger partial charge < -0.3 is 10.1 Å². The molecule has 19 heavy (non-hydrogen) atoms. The molecule has 0 saturated heterocycles. The van der Waals surface area contributed by atoms with Gasteiger partial charge in [0.2, 0.25) is 0 Å². The summed E-state index contributed by atoms with van der Waals surface area (Å²) >= 11 is 2.23. The van der Waals surface area contributed by atoms with Crippen LogP contribution in [0.2, 0.25) is 0 Å². The second kappa shape index (κ2) is 4.65. The lowest BCUT2D eigenvalue weighted by Gasteiger charge is -2.61. The van der Waals surface area contributed by atoms with Crippen LogP contribution in [-0.2, 0) is 0 Å². The Balaban J connectivity index is 1.74. The second-order valence-electron chi connectivity index (χ2n) is 6.02. The fraction of sp³-hybridized carbons (Fsp3) is 0.533. The summed E-state index contributed by atoms with van der Waals surface area (Å²) in [4.78, 5) is 12.3. The lowest BCUT2D eigenvalue weighted by Crippen LogP contribution is -2.68. The molecule has 4 rings (SSSR count). The lowest BCUT2D eigenvalue weighted by atomic mass is 9.50. The fourth-order valence-corrected chi connectivity index (χ4v) is 3.40. The minimum absolute atomic E-state index is 0.0307. The third-order valence-electron chi connectivity index (χ3n) is 3.97. The van der Waals surface area contributed by atoms with Gasteiger partial charge in [-0.25, -0.2) is 0 Å². The maximum absolute atomic E-state index is 12.3. The van der Waals surface area contributed by atoms with Crippen molar-refractivity contribution in [2.75, 3.05) is 0 Å². The number of ether oxygens (including phenoxy) is 1. The van der Waals surface area contributed by atoms with Crippen LogP contribution in [0.25, 0.3) is 0 Å². The molecule has 102 valence electrons. The number of halogens is 1. The number of rotatable bonds is 4.